The van der Waals surface area contributed by atoms with Crippen LogP contribution in [0.5, 0.6) is 0 Å². The average Bonchev–Trinajstić information content (AvgIpc) is 2.07. The van der Waals surface area contributed by atoms with E-state index in [0.717, 1.165) is 11.3 Å². The quantitative estimate of drug-likeness (QED) is 0.674. The number of carbonyl (C=O) groups is 1. The molecule has 1 aromatic heterocycles. The van der Waals surface area contributed by atoms with Crippen molar-refractivity contribution in [3.8, 4) is 0 Å². The fourth-order valence-corrected chi connectivity index (χ4v) is 1.27. The zero-order valence-corrected chi connectivity index (χ0v) is 7.10. The number of hydrogen-bond acceptors (Lipinski definition) is 3. The van der Waals surface area contributed by atoms with Gasteiger partial charge in [0, 0.05) is 18.0 Å². The van der Waals surface area contributed by atoms with Crippen LogP contribution in [0.15, 0.2) is 24.5 Å². The highest BCUT2D eigenvalue weighted by molar-refractivity contribution is 8.14. The zero-order chi connectivity index (χ0) is 8.10. The maximum atomic E-state index is 11.2. The van der Waals surface area contributed by atoms with Crippen molar-refractivity contribution in [3.05, 3.63) is 30.1 Å². The summed E-state index contributed by atoms with van der Waals surface area (Å²) in [6, 6.07) is 3.45. The molecule has 0 fully saturated rings. The van der Waals surface area contributed by atoms with Crippen LogP contribution in [0.25, 0.3) is 0 Å². The Balaban J connectivity index is 2.69. The summed E-state index contributed by atoms with van der Waals surface area (Å²) in [7, 11) is 0. The molecule has 0 aliphatic carbocycles. The molecule has 2 nitrogen and oxygen atoms in total. The molecule has 0 saturated carbocycles. The van der Waals surface area contributed by atoms with Crippen LogP contribution in [-0.2, 0) is 0 Å². The van der Waals surface area contributed by atoms with E-state index in [1.807, 2.05) is 6.92 Å². The minimum atomic E-state index is 0.120. The lowest BCUT2D eigenvalue weighted by Crippen LogP contribution is -1.92. The Morgan fingerprint density at radius 2 is 2.18 bits per heavy atom. The predicted molar refractivity (Wildman–Crippen MR) is 46.7 cm³/mol. The van der Waals surface area contributed by atoms with Crippen molar-refractivity contribution in [1.29, 1.82) is 0 Å². The summed E-state index contributed by atoms with van der Waals surface area (Å²) in [5.41, 5.74) is 0.729. The van der Waals surface area contributed by atoms with E-state index >= 15 is 0 Å². The van der Waals surface area contributed by atoms with Crippen LogP contribution >= 0.6 is 11.8 Å². The first-order valence-electron chi connectivity index (χ1n) is 3.41. The van der Waals surface area contributed by atoms with Gasteiger partial charge in [-0.3, -0.25) is 9.78 Å². The third kappa shape index (κ3) is 2.35. The van der Waals surface area contributed by atoms with Crippen molar-refractivity contribution in [3.63, 3.8) is 0 Å². The molecule has 0 amide bonds. The van der Waals surface area contributed by atoms with E-state index in [2.05, 4.69) is 4.98 Å². The van der Waals surface area contributed by atoms with Crippen LogP contribution in [0, 0.1) is 0 Å². The number of carbonyl (C=O) groups excluding carboxylic acids is 1. The van der Waals surface area contributed by atoms with Gasteiger partial charge < -0.3 is 0 Å². The Kier molecular flexibility index (Phi) is 3.11. The third-order valence-corrected chi connectivity index (χ3v) is 1.98. The highest BCUT2D eigenvalue weighted by Crippen LogP contribution is 2.09. The SMILES string of the molecule is CCSC(=O)c1ccncc1. The van der Waals surface area contributed by atoms with Crippen LogP contribution < -0.4 is 0 Å². The topological polar surface area (TPSA) is 30.0 Å². The molecular weight excluding hydrogens is 158 g/mol. The molecule has 0 atom stereocenters. The van der Waals surface area contributed by atoms with E-state index in [-0.39, 0.29) is 5.12 Å². The summed E-state index contributed by atoms with van der Waals surface area (Å²) >= 11 is 1.32. The monoisotopic (exact) mass is 167 g/mol. The minimum absolute atomic E-state index is 0.120. The zero-order valence-electron chi connectivity index (χ0n) is 6.28. The molecule has 3 heteroatoms. The van der Waals surface area contributed by atoms with E-state index in [9.17, 15) is 4.79 Å². The molecule has 0 aliphatic heterocycles. The highest BCUT2D eigenvalue weighted by Gasteiger charge is 2.02. The lowest BCUT2D eigenvalue weighted by Gasteiger charge is -1.95. The van der Waals surface area contributed by atoms with Gasteiger partial charge in [-0.25, -0.2) is 0 Å². The van der Waals surface area contributed by atoms with Crippen LogP contribution in [0.2, 0.25) is 0 Å². The molecule has 0 aromatic carbocycles. The summed E-state index contributed by atoms with van der Waals surface area (Å²) in [6.07, 6.45) is 3.26. The van der Waals surface area contributed by atoms with Gasteiger partial charge in [0.25, 0.3) is 0 Å². The maximum Gasteiger partial charge on any atom is 0.219 e. The number of rotatable bonds is 2. The summed E-state index contributed by atoms with van der Waals surface area (Å²) < 4.78 is 0. The molecule has 0 unspecified atom stereocenters. The molecule has 11 heavy (non-hydrogen) atoms. The largest absolute Gasteiger partial charge is 0.282 e. The van der Waals surface area contributed by atoms with Gasteiger partial charge in [0.05, 0.1) is 0 Å². The molecule has 0 N–H and O–H groups in total. The molecule has 1 aromatic rings. The normalized spacial score (nSPS) is 9.55. The van der Waals surface area contributed by atoms with E-state index in [1.54, 1.807) is 24.5 Å². The lowest BCUT2D eigenvalue weighted by atomic mass is 10.3. The lowest BCUT2D eigenvalue weighted by molar-refractivity contribution is 0.108. The number of aromatic nitrogens is 1. The Bertz CT molecular complexity index is 235. The third-order valence-electron chi connectivity index (χ3n) is 1.19. The van der Waals surface area contributed by atoms with Crippen molar-refractivity contribution in [2.24, 2.45) is 0 Å². The van der Waals surface area contributed by atoms with Crippen molar-refractivity contribution >= 4 is 16.9 Å². The molecule has 1 rings (SSSR count). The summed E-state index contributed by atoms with van der Waals surface area (Å²) in [4.78, 5) is 15.0. The van der Waals surface area contributed by atoms with Crippen LogP contribution in [0.1, 0.15) is 17.3 Å². The molecule has 58 valence electrons. The van der Waals surface area contributed by atoms with Crippen LogP contribution in [0.4, 0.5) is 0 Å². The molecule has 0 bridgehead atoms. The van der Waals surface area contributed by atoms with Crippen LogP contribution in [0.3, 0.4) is 0 Å². The fraction of sp³-hybridized carbons (Fsp3) is 0.250. The van der Waals surface area contributed by atoms with Gasteiger partial charge in [0.2, 0.25) is 5.12 Å². The van der Waals surface area contributed by atoms with Crippen molar-refractivity contribution < 1.29 is 4.79 Å². The second-order valence-electron chi connectivity index (χ2n) is 1.96. The standard InChI is InChI=1S/C8H9NOS/c1-2-11-8(10)7-3-5-9-6-4-7/h3-6H,2H2,1H3. The van der Waals surface area contributed by atoms with E-state index in [0.29, 0.717) is 0 Å². The number of hydrogen-bond donors (Lipinski definition) is 0. The molecular formula is C8H9NOS. The first-order chi connectivity index (χ1) is 5.34. The summed E-state index contributed by atoms with van der Waals surface area (Å²) in [6.45, 7) is 1.96. The molecule has 0 aliphatic rings. The van der Waals surface area contributed by atoms with Crippen molar-refractivity contribution in [2.75, 3.05) is 5.75 Å². The predicted octanol–water partition coefficient (Wildman–Crippen LogP) is 1.97. The van der Waals surface area contributed by atoms with Gasteiger partial charge >= 0.3 is 0 Å². The van der Waals surface area contributed by atoms with E-state index < -0.39 is 0 Å². The Morgan fingerprint density at radius 1 is 1.55 bits per heavy atom. The van der Waals surface area contributed by atoms with Gasteiger partial charge in [-0.2, -0.15) is 0 Å². The Hall–Kier alpha value is -0.830. The smallest absolute Gasteiger partial charge is 0.219 e. The van der Waals surface area contributed by atoms with Crippen molar-refractivity contribution in [2.45, 2.75) is 6.92 Å². The van der Waals surface area contributed by atoms with Gasteiger partial charge in [-0.1, -0.05) is 18.7 Å². The number of pyridine rings is 1. The first kappa shape index (κ1) is 8.27. The Morgan fingerprint density at radius 3 is 2.73 bits per heavy atom. The fourth-order valence-electron chi connectivity index (χ4n) is 0.702. The van der Waals surface area contributed by atoms with E-state index in [4.69, 9.17) is 0 Å². The van der Waals surface area contributed by atoms with Gasteiger partial charge in [0.1, 0.15) is 0 Å². The molecule has 0 saturated heterocycles. The molecule has 0 spiro atoms. The second kappa shape index (κ2) is 4.13. The molecule has 0 radical (unpaired) electrons. The number of thioether (sulfide) groups is 1. The van der Waals surface area contributed by atoms with Gasteiger partial charge in [0.15, 0.2) is 0 Å². The van der Waals surface area contributed by atoms with Gasteiger partial charge in [-0.15, -0.1) is 0 Å². The minimum Gasteiger partial charge on any atom is -0.282 e. The van der Waals surface area contributed by atoms with Crippen LogP contribution in [-0.4, -0.2) is 15.9 Å². The summed E-state index contributed by atoms with van der Waals surface area (Å²) in [5, 5.41) is 0.120. The van der Waals surface area contributed by atoms with Crippen molar-refractivity contribution in [1.82, 2.24) is 4.98 Å². The highest BCUT2D eigenvalue weighted by atomic mass is 32.2. The Labute approximate surface area is 70.0 Å². The van der Waals surface area contributed by atoms with Gasteiger partial charge in [-0.05, 0) is 17.9 Å². The number of nitrogens with zero attached hydrogens (tertiary/aromatic N) is 1. The van der Waals surface area contributed by atoms with E-state index in [1.165, 1.54) is 11.8 Å². The maximum absolute atomic E-state index is 11.2. The first-order valence-corrected chi connectivity index (χ1v) is 4.40. The molecule has 1 heterocycles. The second-order valence-corrected chi connectivity index (χ2v) is 3.19. The summed E-state index contributed by atoms with van der Waals surface area (Å²) in [5.74, 6) is 0.821. The average molecular weight is 167 g/mol.